The number of hydrogen-bond acceptors (Lipinski definition) is 3. The Morgan fingerprint density at radius 2 is 1.74 bits per heavy atom. The number of benzene rings is 2. The molecule has 2 heterocycles. The Morgan fingerprint density at radius 1 is 1.06 bits per heavy atom. The smallest absolute Gasteiger partial charge is 0.241 e. The Hall–Kier alpha value is -3.06. The van der Waals surface area contributed by atoms with Gasteiger partial charge in [0.05, 0.1) is 18.6 Å². The van der Waals surface area contributed by atoms with Crippen molar-refractivity contribution in [3.8, 4) is 0 Å². The number of amides is 2. The molecule has 0 aliphatic carbocycles. The molecule has 0 radical (unpaired) electrons. The Bertz CT molecular complexity index is 1100. The molecule has 0 saturated carbocycles. The number of likely N-dealkylation sites (tertiary alicyclic amines) is 1. The lowest BCUT2D eigenvalue weighted by molar-refractivity contribution is -0.137. The van der Waals surface area contributed by atoms with Crippen LogP contribution in [0.25, 0.3) is 5.57 Å². The van der Waals surface area contributed by atoms with E-state index >= 15 is 0 Å². The van der Waals surface area contributed by atoms with E-state index in [1.54, 1.807) is 4.90 Å². The highest BCUT2D eigenvalue weighted by Crippen LogP contribution is 2.37. The molecule has 1 N–H and O–H groups in total. The number of nitrogens with zero attached hydrogens (tertiary/aromatic N) is 2. The third-order valence-electron chi connectivity index (χ3n) is 6.76. The highest BCUT2D eigenvalue weighted by atomic mass is 19.1. The first-order chi connectivity index (χ1) is 16.6. The molecule has 186 valence electrons. The maximum absolute atomic E-state index is 14.6. The van der Waals surface area contributed by atoms with Crippen LogP contribution in [0, 0.1) is 17.0 Å². The van der Waals surface area contributed by atoms with Gasteiger partial charge in [-0.05, 0) is 47.6 Å². The Morgan fingerprint density at radius 3 is 2.40 bits per heavy atom. The van der Waals surface area contributed by atoms with Crippen LogP contribution in [0.4, 0.5) is 8.78 Å². The number of nitrogens with one attached hydrogen (secondary N) is 1. The number of hydrogen-bond donors (Lipinski definition) is 1. The van der Waals surface area contributed by atoms with Gasteiger partial charge in [0.25, 0.3) is 0 Å². The van der Waals surface area contributed by atoms with Crippen molar-refractivity contribution in [3.05, 3.63) is 77.4 Å². The lowest BCUT2D eigenvalue weighted by atomic mass is 9.85. The van der Waals surface area contributed by atoms with Gasteiger partial charge in [-0.15, -0.1) is 0 Å². The van der Waals surface area contributed by atoms with Crippen molar-refractivity contribution in [2.24, 2.45) is 5.41 Å². The van der Waals surface area contributed by atoms with Crippen LogP contribution in [0.5, 0.6) is 0 Å². The molecule has 35 heavy (non-hydrogen) atoms. The second-order valence-corrected chi connectivity index (χ2v) is 10.4. The monoisotopic (exact) mass is 481 g/mol. The second kappa shape index (κ2) is 10.3. The molecule has 4 rings (SSSR count). The van der Waals surface area contributed by atoms with Gasteiger partial charge in [-0.3, -0.25) is 14.9 Å². The maximum atomic E-state index is 14.6. The van der Waals surface area contributed by atoms with Gasteiger partial charge in [0.2, 0.25) is 11.8 Å². The van der Waals surface area contributed by atoms with Gasteiger partial charge in [0.15, 0.2) is 0 Å². The molecule has 2 amide bonds. The Labute approximate surface area is 205 Å². The van der Waals surface area contributed by atoms with Crippen LogP contribution in [0.15, 0.2) is 54.6 Å². The summed E-state index contributed by atoms with van der Waals surface area (Å²) in [5.41, 5.74) is 1.13. The maximum Gasteiger partial charge on any atom is 0.241 e. The molecule has 0 aromatic heterocycles. The first-order valence-electron chi connectivity index (χ1n) is 12.2. The molecule has 0 spiro atoms. The third kappa shape index (κ3) is 5.61. The zero-order chi connectivity index (χ0) is 25.2. The van der Waals surface area contributed by atoms with Crippen LogP contribution < -0.4 is 5.32 Å². The van der Waals surface area contributed by atoms with Crippen LogP contribution in [-0.2, 0) is 9.59 Å². The molecule has 2 aliphatic heterocycles. The van der Waals surface area contributed by atoms with Gasteiger partial charge in [0.1, 0.15) is 11.6 Å². The average Bonchev–Trinajstić information content (AvgIpc) is 3.51. The lowest BCUT2D eigenvalue weighted by Gasteiger charge is -2.36. The van der Waals surface area contributed by atoms with Crippen LogP contribution in [-0.4, -0.2) is 53.8 Å². The Balaban J connectivity index is 1.62. The molecule has 0 bridgehead atoms. The summed E-state index contributed by atoms with van der Waals surface area (Å²) >= 11 is 0. The standard InChI is InChI=1S/C28H33F2N3O2/c1-28(2,3)26(31-17-25(34)32-13-7-8-14-32)27(35)33-18-20(22-16-21(29)11-12-23(22)30)15-24(33)19-9-5-4-6-10-19/h4-6,9-12,15-16,24,26,31H,7-8,13-14,17-18H2,1-3H3/t24-,26+/m0/s1. The van der Waals surface area contributed by atoms with E-state index in [1.165, 1.54) is 6.07 Å². The summed E-state index contributed by atoms with van der Waals surface area (Å²) in [7, 11) is 0. The predicted molar refractivity (Wildman–Crippen MR) is 132 cm³/mol. The number of halogens is 2. The zero-order valence-corrected chi connectivity index (χ0v) is 20.6. The van der Waals surface area contributed by atoms with E-state index in [0.29, 0.717) is 5.57 Å². The molecule has 7 heteroatoms. The summed E-state index contributed by atoms with van der Waals surface area (Å²) in [6, 6.07) is 11.8. The van der Waals surface area contributed by atoms with Crippen LogP contribution in [0.3, 0.4) is 0 Å². The lowest BCUT2D eigenvalue weighted by Crippen LogP contribution is -2.55. The van der Waals surface area contributed by atoms with Crippen LogP contribution in [0.1, 0.15) is 50.8 Å². The van der Waals surface area contributed by atoms with Gasteiger partial charge in [0, 0.05) is 25.2 Å². The van der Waals surface area contributed by atoms with E-state index in [9.17, 15) is 18.4 Å². The fourth-order valence-electron chi connectivity index (χ4n) is 4.87. The highest BCUT2D eigenvalue weighted by Gasteiger charge is 2.40. The topological polar surface area (TPSA) is 52.7 Å². The van der Waals surface area contributed by atoms with E-state index < -0.39 is 29.1 Å². The van der Waals surface area contributed by atoms with Crippen molar-refractivity contribution in [1.29, 1.82) is 0 Å². The summed E-state index contributed by atoms with van der Waals surface area (Å²) in [5.74, 6) is -1.24. The fraction of sp³-hybridized carbons (Fsp3) is 0.429. The summed E-state index contributed by atoms with van der Waals surface area (Å²) < 4.78 is 28.6. The molecule has 5 nitrogen and oxygen atoms in total. The van der Waals surface area contributed by atoms with Crippen molar-refractivity contribution >= 4 is 17.4 Å². The Kier molecular flexibility index (Phi) is 7.36. The van der Waals surface area contributed by atoms with E-state index in [4.69, 9.17) is 0 Å². The summed E-state index contributed by atoms with van der Waals surface area (Å²) in [4.78, 5) is 30.2. The minimum atomic E-state index is -0.634. The minimum absolute atomic E-state index is 0.00812. The largest absolute Gasteiger partial charge is 0.342 e. The molecular weight excluding hydrogens is 448 g/mol. The molecule has 1 saturated heterocycles. The number of carbonyl (C=O) groups is 2. The predicted octanol–water partition coefficient (Wildman–Crippen LogP) is 4.56. The highest BCUT2D eigenvalue weighted by molar-refractivity contribution is 5.88. The summed E-state index contributed by atoms with van der Waals surface area (Å²) in [6.07, 6.45) is 3.84. The van der Waals surface area contributed by atoms with Gasteiger partial charge in [-0.25, -0.2) is 8.78 Å². The van der Waals surface area contributed by atoms with E-state index in [1.807, 2.05) is 62.1 Å². The van der Waals surface area contributed by atoms with Crippen molar-refractivity contribution in [3.63, 3.8) is 0 Å². The van der Waals surface area contributed by atoms with Crippen molar-refractivity contribution in [2.45, 2.75) is 45.7 Å². The third-order valence-corrected chi connectivity index (χ3v) is 6.76. The first-order valence-corrected chi connectivity index (χ1v) is 12.2. The van der Waals surface area contributed by atoms with Gasteiger partial charge in [-0.1, -0.05) is 57.2 Å². The molecular formula is C28H33F2N3O2. The second-order valence-electron chi connectivity index (χ2n) is 10.4. The van der Waals surface area contributed by atoms with Crippen LogP contribution in [0.2, 0.25) is 0 Å². The number of carbonyl (C=O) groups excluding carboxylic acids is 2. The normalized spacial score (nSPS) is 19.1. The average molecular weight is 482 g/mol. The SMILES string of the molecule is CC(C)(C)[C@H](NCC(=O)N1CCCC1)C(=O)N1CC(c2cc(F)ccc2F)=C[C@H]1c1ccccc1. The van der Waals surface area contributed by atoms with Crippen molar-refractivity contribution < 1.29 is 18.4 Å². The summed E-state index contributed by atoms with van der Waals surface area (Å²) in [5, 5.41) is 3.22. The molecule has 2 aromatic carbocycles. The molecule has 2 atom stereocenters. The van der Waals surface area contributed by atoms with E-state index in [0.717, 1.165) is 43.6 Å². The quantitative estimate of drug-likeness (QED) is 0.658. The molecule has 1 fully saturated rings. The zero-order valence-electron chi connectivity index (χ0n) is 20.6. The molecule has 0 unspecified atom stereocenters. The minimum Gasteiger partial charge on any atom is -0.342 e. The van der Waals surface area contributed by atoms with Crippen LogP contribution >= 0.6 is 0 Å². The molecule has 2 aliphatic rings. The van der Waals surface area contributed by atoms with Crippen molar-refractivity contribution in [1.82, 2.24) is 15.1 Å². The fourth-order valence-corrected chi connectivity index (χ4v) is 4.87. The molecule has 2 aromatic rings. The first kappa shape index (κ1) is 25.0. The van der Waals surface area contributed by atoms with Gasteiger partial charge in [-0.2, -0.15) is 0 Å². The number of rotatable bonds is 6. The van der Waals surface area contributed by atoms with Gasteiger partial charge >= 0.3 is 0 Å². The van der Waals surface area contributed by atoms with Crippen molar-refractivity contribution in [2.75, 3.05) is 26.2 Å². The van der Waals surface area contributed by atoms with E-state index in [2.05, 4.69) is 5.32 Å². The van der Waals surface area contributed by atoms with E-state index in [-0.39, 0.29) is 30.5 Å². The summed E-state index contributed by atoms with van der Waals surface area (Å²) in [6.45, 7) is 7.60. The van der Waals surface area contributed by atoms with Gasteiger partial charge < -0.3 is 9.80 Å².